The molecule has 0 spiro atoms. The fourth-order valence-corrected chi connectivity index (χ4v) is 4.04. The number of rotatable bonds is 6. The van der Waals surface area contributed by atoms with Gasteiger partial charge in [-0.2, -0.15) is 5.10 Å². The average molecular weight is 427 g/mol. The van der Waals surface area contributed by atoms with Crippen molar-refractivity contribution >= 4 is 28.2 Å². The summed E-state index contributed by atoms with van der Waals surface area (Å²) in [7, 11) is -1.07. The minimum absolute atomic E-state index is 0.274. The highest BCUT2D eigenvalue weighted by molar-refractivity contribution is 7.74. The summed E-state index contributed by atoms with van der Waals surface area (Å²) in [5.41, 5.74) is 6.00. The lowest BCUT2D eigenvalue weighted by Crippen LogP contribution is -2.24. The Bertz CT molecular complexity index is 1160. The molecule has 0 bridgehead atoms. The fraction of sp³-hybridized carbons (Fsp3) is 0.273. The van der Waals surface area contributed by atoms with Gasteiger partial charge >= 0.3 is 0 Å². The number of nitrogens with zero attached hydrogens (tertiary/aromatic N) is 3. The second kappa shape index (κ2) is 8.71. The van der Waals surface area contributed by atoms with Gasteiger partial charge in [0.1, 0.15) is 0 Å². The number of amides is 1. The van der Waals surface area contributed by atoms with Crippen molar-refractivity contribution in [1.29, 1.82) is 0 Å². The first-order valence-corrected chi connectivity index (χ1v) is 10.7. The minimum atomic E-state index is -2.93. The molecule has 1 heterocycles. The van der Waals surface area contributed by atoms with Gasteiger partial charge in [0.25, 0.3) is 5.91 Å². The number of aryl methyl sites for hydroxylation is 4. The van der Waals surface area contributed by atoms with E-state index in [4.69, 9.17) is 0 Å². The Hall–Kier alpha value is -3.13. The zero-order valence-corrected chi connectivity index (χ0v) is 18.7. The number of carbonyl (C=O) groups excluding carboxylic acids is 1. The van der Waals surface area contributed by atoms with Gasteiger partial charge in [-0.25, -0.2) is 12.7 Å². The summed E-state index contributed by atoms with van der Waals surface area (Å²) >= 11 is 0. The van der Waals surface area contributed by atoms with E-state index in [9.17, 15) is 13.2 Å². The van der Waals surface area contributed by atoms with Gasteiger partial charge < -0.3 is 5.32 Å². The van der Waals surface area contributed by atoms with Gasteiger partial charge in [0.15, 0.2) is 0 Å². The van der Waals surface area contributed by atoms with E-state index in [-0.39, 0.29) is 5.91 Å². The van der Waals surface area contributed by atoms with Gasteiger partial charge in [-0.15, -0.1) is 0 Å². The molecule has 2 aromatic carbocycles. The molecule has 0 radical (unpaired) electrons. The number of aromatic nitrogens is 2. The average Bonchev–Trinajstić information content (AvgIpc) is 2.94. The first kappa shape index (κ1) is 21.6. The van der Waals surface area contributed by atoms with Crippen molar-refractivity contribution in [2.45, 2.75) is 34.2 Å². The standard InChI is InChI=1S/C22H26N4O3S/c1-14-6-10-19(11-7-14)26(30(28)29)21-12-18(9-8-15(21)2)22(27)23-13-20-16(3)24-25(5)17(20)4/h6-12,30H,13H2,1-5H3,(H,23,27). The molecule has 30 heavy (non-hydrogen) atoms. The summed E-state index contributed by atoms with van der Waals surface area (Å²) < 4.78 is 27.1. The van der Waals surface area contributed by atoms with Crippen molar-refractivity contribution in [3.8, 4) is 0 Å². The Morgan fingerprint density at radius 3 is 2.30 bits per heavy atom. The number of thiol groups is 1. The Morgan fingerprint density at radius 1 is 1.07 bits per heavy atom. The SMILES string of the molecule is Cc1ccc(N(c2cc(C(=O)NCc3c(C)nn(C)c3C)ccc2C)[SH](=O)=O)cc1. The smallest absolute Gasteiger partial charge is 0.251 e. The Labute approximate surface area is 178 Å². The summed E-state index contributed by atoms with van der Waals surface area (Å²) in [6.45, 7) is 7.97. The van der Waals surface area contributed by atoms with Crippen LogP contribution in [0.15, 0.2) is 42.5 Å². The van der Waals surface area contributed by atoms with Crippen LogP contribution in [0.3, 0.4) is 0 Å². The van der Waals surface area contributed by atoms with Crippen LogP contribution in [0.2, 0.25) is 0 Å². The minimum Gasteiger partial charge on any atom is -0.348 e. The number of hydrogen-bond acceptors (Lipinski definition) is 4. The van der Waals surface area contributed by atoms with E-state index in [0.717, 1.165) is 28.1 Å². The number of carbonyl (C=O) groups is 1. The van der Waals surface area contributed by atoms with E-state index in [1.54, 1.807) is 35.0 Å². The first-order valence-electron chi connectivity index (χ1n) is 9.58. The number of nitrogens with one attached hydrogen (secondary N) is 1. The van der Waals surface area contributed by atoms with E-state index in [1.165, 1.54) is 4.31 Å². The fourth-order valence-electron chi connectivity index (χ4n) is 3.33. The molecule has 1 aromatic heterocycles. The Kier molecular flexibility index (Phi) is 6.26. The zero-order chi connectivity index (χ0) is 22.0. The lowest BCUT2D eigenvalue weighted by molar-refractivity contribution is 0.0951. The molecule has 1 amide bonds. The van der Waals surface area contributed by atoms with Crippen LogP contribution >= 0.6 is 0 Å². The van der Waals surface area contributed by atoms with Crippen LogP contribution in [0.5, 0.6) is 0 Å². The topological polar surface area (TPSA) is 84.3 Å². The van der Waals surface area contributed by atoms with Crippen LogP contribution < -0.4 is 9.62 Å². The van der Waals surface area contributed by atoms with Crippen LogP contribution in [0.1, 0.15) is 38.4 Å². The summed E-state index contributed by atoms with van der Waals surface area (Å²) in [5.74, 6) is -0.274. The monoisotopic (exact) mass is 426 g/mol. The van der Waals surface area contributed by atoms with Crippen molar-refractivity contribution in [3.63, 3.8) is 0 Å². The van der Waals surface area contributed by atoms with Crippen molar-refractivity contribution in [2.24, 2.45) is 7.05 Å². The highest BCUT2D eigenvalue weighted by Crippen LogP contribution is 2.30. The maximum atomic E-state index is 12.8. The lowest BCUT2D eigenvalue weighted by atomic mass is 10.1. The molecule has 0 fully saturated rings. The van der Waals surface area contributed by atoms with Crippen LogP contribution in [-0.2, 0) is 24.5 Å². The van der Waals surface area contributed by atoms with Crippen molar-refractivity contribution in [3.05, 3.63) is 76.1 Å². The molecule has 0 saturated heterocycles. The Morgan fingerprint density at radius 2 is 1.73 bits per heavy atom. The molecule has 3 aromatic rings. The van der Waals surface area contributed by atoms with E-state index < -0.39 is 10.9 Å². The summed E-state index contributed by atoms with van der Waals surface area (Å²) in [6, 6.07) is 12.3. The number of hydrogen-bond donors (Lipinski definition) is 2. The Balaban J connectivity index is 1.89. The van der Waals surface area contributed by atoms with Crippen molar-refractivity contribution in [1.82, 2.24) is 15.1 Å². The van der Waals surface area contributed by atoms with Gasteiger partial charge in [0.05, 0.1) is 17.1 Å². The molecule has 8 heteroatoms. The number of anilines is 2. The molecule has 0 aliphatic carbocycles. The summed E-state index contributed by atoms with van der Waals surface area (Å²) in [6.07, 6.45) is 0. The largest absolute Gasteiger partial charge is 0.348 e. The molecule has 3 rings (SSSR count). The van der Waals surface area contributed by atoms with Crippen LogP contribution in [0.25, 0.3) is 0 Å². The summed E-state index contributed by atoms with van der Waals surface area (Å²) in [4.78, 5) is 12.8. The normalized spacial score (nSPS) is 11.0. The molecule has 0 saturated carbocycles. The second-order valence-corrected chi connectivity index (χ2v) is 8.22. The molecule has 0 atom stereocenters. The third-order valence-corrected chi connectivity index (χ3v) is 6.00. The van der Waals surface area contributed by atoms with Crippen molar-refractivity contribution < 1.29 is 13.2 Å². The maximum Gasteiger partial charge on any atom is 0.251 e. The third-order valence-electron chi connectivity index (χ3n) is 5.23. The van der Waals surface area contributed by atoms with Gasteiger partial charge in [-0.3, -0.25) is 9.48 Å². The van der Waals surface area contributed by atoms with E-state index in [2.05, 4.69) is 10.4 Å². The first-order chi connectivity index (χ1) is 14.2. The van der Waals surface area contributed by atoms with Gasteiger partial charge in [0.2, 0.25) is 10.9 Å². The lowest BCUT2D eigenvalue weighted by Gasteiger charge is -2.21. The number of benzene rings is 2. The van der Waals surface area contributed by atoms with Crippen molar-refractivity contribution in [2.75, 3.05) is 4.31 Å². The van der Waals surface area contributed by atoms with Crippen LogP contribution in [-0.4, -0.2) is 24.1 Å². The van der Waals surface area contributed by atoms with E-state index in [0.29, 0.717) is 23.5 Å². The predicted octanol–water partition coefficient (Wildman–Crippen LogP) is 3.25. The molecule has 158 valence electrons. The van der Waals surface area contributed by atoms with Gasteiger partial charge in [-0.1, -0.05) is 23.8 Å². The predicted molar refractivity (Wildman–Crippen MR) is 119 cm³/mol. The molecule has 0 aliphatic rings. The molecule has 0 unspecified atom stereocenters. The van der Waals surface area contributed by atoms with Crippen LogP contribution in [0, 0.1) is 27.7 Å². The van der Waals surface area contributed by atoms with E-state index in [1.807, 2.05) is 46.9 Å². The highest BCUT2D eigenvalue weighted by Gasteiger charge is 2.17. The highest BCUT2D eigenvalue weighted by atomic mass is 32.2. The summed E-state index contributed by atoms with van der Waals surface area (Å²) in [5, 5.41) is 7.27. The molecule has 0 aliphatic heterocycles. The van der Waals surface area contributed by atoms with Crippen LogP contribution in [0.4, 0.5) is 11.4 Å². The molecular weight excluding hydrogens is 400 g/mol. The second-order valence-electron chi connectivity index (χ2n) is 7.34. The molecule has 1 N–H and O–H groups in total. The molecule has 7 nitrogen and oxygen atoms in total. The third kappa shape index (κ3) is 4.38. The quantitative estimate of drug-likeness (QED) is 0.593. The van der Waals surface area contributed by atoms with Gasteiger partial charge in [0, 0.05) is 30.4 Å². The zero-order valence-electron chi connectivity index (χ0n) is 17.8. The molecular formula is C22H26N4O3S. The van der Waals surface area contributed by atoms with E-state index >= 15 is 0 Å². The van der Waals surface area contributed by atoms with Gasteiger partial charge in [-0.05, 0) is 57.5 Å². The maximum absolute atomic E-state index is 12.8.